The predicted molar refractivity (Wildman–Crippen MR) is 102 cm³/mol. The van der Waals surface area contributed by atoms with Gasteiger partial charge in [0.1, 0.15) is 11.2 Å². The zero-order chi connectivity index (χ0) is 20.4. The van der Waals surface area contributed by atoms with Gasteiger partial charge in [-0.15, -0.1) is 0 Å². The Labute approximate surface area is 162 Å². The maximum Gasteiger partial charge on any atom is 0.407 e. The number of hydrogen-bond acceptors (Lipinski definition) is 5. The summed E-state index contributed by atoms with van der Waals surface area (Å²) in [7, 11) is 0. The van der Waals surface area contributed by atoms with Gasteiger partial charge in [-0.3, -0.25) is 0 Å². The number of nitrogens with zero attached hydrogens (tertiary/aromatic N) is 3. The zero-order valence-corrected chi connectivity index (χ0v) is 16.9. The van der Waals surface area contributed by atoms with E-state index >= 15 is 0 Å². The van der Waals surface area contributed by atoms with Gasteiger partial charge in [0, 0.05) is 12.7 Å². The molecule has 148 valence electrons. The van der Waals surface area contributed by atoms with E-state index in [0.717, 1.165) is 6.42 Å². The number of amides is 1. The van der Waals surface area contributed by atoms with Crippen molar-refractivity contribution in [3.63, 3.8) is 0 Å². The standard InChI is InChI=1S/C18H25ClN4O4/c1-10(2)8-11(9-20-17(26)27-18(3,4)5)23-7-6-12-13(15(24)25)21-16(19)22-14(12)23/h6-7,10-11H,8-9H2,1-5H3,(H,20,26)(H,24,25). The first kappa shape index (κ1) is 21.0. The van der Waals surface area contributed by atoms with E-state index in [1.807, 2.05) is 4.57 Å². The normalized spacial score (nSPS) is 13.0. The van der Waals surface area contributed by atoms with Crippen LogP contribution in [0, 0.1) is 5.92 Å². The number of rotatable bonds is 6. The van der Waals surface area contributed by atoms with Crippen LogP contribution in [-0.4, -0.2) is 43.8 Å². The molecule has 2 heterocycles. The Morgan fingerprint density at radius 1 is 1.33 bits per heavy atom. The van der Waals surface area contributed by atoms with Crippen LogP contribution in [0.4, 0.5) is 4.79 Å². The molecular weight excluding hydrogens is 372 g/mol. The molecule has 0 saturated heterocycles. The molecule has 0 aromatic carbocycles. The van der Waals surface area contributed by atoms with Crippen molar-refractivity contribution in [2.24, 2.45) is 5.92 Å². The summed E-state index contributed by atoms with van der Waals surface area (Å²) in [6.07, 6.45) is 1.97. The fourth-order valence-electron chi connectivity index (χ4n) is 2.82. The highest BCUT2D eigenvalue weighted by atomic mass is 35.5. The molecule has 2 aromatic rings. The molecule has 1 unspecified atom stereocenters. The van der Waals surface area contributed by atoms with Crippen LogP contribution in [0.1, 0.15) is 57.6 Å². The van der Waals surface area contributed by atoms with Gasteiger partial charge in [0.15, 0.2) is 5.69 Å². The first-order chi connectivity index (χ1) is 12.5. The predicted octanol–water partition coefficient (Wildman–Crippen LogP) is 3.89. The maximum absolute atomic E-state index is 12.0. The molecule has 0 aliphatic heterocycles. The van der Waals surface area contributed by atoms with Crippen LogP contribution in [0.15, 0.2) is 12.3 Å². The molecule has 0 spiro atoms. The molecule has 1 amide bonds. The number of nitrogens with one attached hydrogen (secondary N) is 1. The summed E-state index contributed by atoms with van der Waals surface area (Å²) in [6.45, 7) is 9.83. The number of carbonyl (C=O) groups excluding carboxylic acids is 1. The Kier molecular flexibility index (Phi) is 6.30. The molecule has 0 radical (unpaired) electrons. The largest absolute Gasteiger partial charge is 0.476 e. The zero-order valence-electron chi connectivity index (χ0n) is 16.1. The number of halogens is 1. The fraction of sp³-hybridized carbons (Fsp3) is 0.556. The van der Waals surface area contributed by atoms with Crippen molar-refractivity contribution in [2.75, 3.05) is 6.54 Å². The highest BCUT2D eigenvalue weighted by Gasteiger charge is 2.22. The van der Waals surface area contributed by atoms with Gasteiger partial charge < -0.3 is 19.7 Å². The van der Waals surface area contributed by atoms with Crippen molar-refractivity contribution in [1.29, 1.82) is 0 Å². The van der Waals surface area contributed by atoms with Gasteiger partial charge in [-0.05, 0) is 50.8 Å². The van der Waals surface area contributed by atoms with E-state index in [0.29, 0.717) is 23.5 Å². The van der Waals surface area contributed by atoms with Crippen LogP contribution in [0.3, 0.4) is 0 Å². The number of alkyl carbamates (subject to hydrolysis) is 1. The third-order valence-corrected chi connectivity index (χ3v) is 3.93. The first-order valence-corrected chi connectivity index (χ1v) is 9.10. The van der Waals surface area contributed by atoms with Crippen molar-refractivity contribution in [3.8, 4) is 0 Å². The number of hydrogen-bond donors (Lipinski definition) is 2. The Hall–Kier alpha value is -2.35. The minimum absolute atomic E-state index is 0.136. The molecular formula is C18H25ClN4O4. The lowest BCUT2D eigenvalue weighted by Gasteiger charge is -2.24. The minimum atomic E-state index is -1.17. The molecule has 9 heteroatoms. The molecule has 27 heavy (non-hydrogen) atoms. The lowest BCUT2D eigenvalue weighted by Crippen LogP contribution is -2.36. The number of ether oxygens (including phenoxy) is 1. The SMILES string of the molecule is CC(C)CC(CNC(=O)OC(C)(C)C)n1ccc2c(C(=O)O)nc(Cl)nc21. The third-order valence-electron chi connectivity index (χ3n) is 3.76. The van der Waals surface area contributed by atoms with E-state index in [1.54, 1.807) is 33.0 Å². The molecule has 1 atom stereocenters. The molecule has 8 nitrogen and oxygen atoms in total. The van der Waals surface area contributed by atoms with E-state index in [9.17, 15) is 14.7 Å². The summed E-state index contributed by atoms with van der Waals surface area (Å²) in [4.78, 5) is 31.5. The lowest BCUT2D eigenvalue weighted by atomic mass is 10.0. The highest BCUT2D eigenvalue weighted by Crippen LogP contribution is 2.26. The fourth-order valence-corrected chi connectivity index (χ4v) is 2.98. The first-order valence-electron chi connectivity index (χ1n) is 8.72. The van der Waals surface area contributed by atoms with Crippen molar-refractivity contribution >= 4 is 34.7 Å². The second-order valence-electron chi connectivity index (χ2n) is 7.77. The second-order valence-corrected chi connectivity index (χ2v) is 8.11. The lowest BCUT2D eigenvalue weighted by molar-refractivity contribution is 0.0518. The van der Waals surface area contributed by atoms with E-state index in [1.165, 1.54) is 0 Å². The van der Waals surface area contributed by atoms with E-state index in [4.69, 9.17) is 16.3 Å². The van der Waals surface area contributed by atoms with E-state index < -0.39 is 17.7 Å². The van der Waals surface area contributed by atoms with Gasteiger partial charge in [-0.2, -0.15) is 4.98 Å². The smallest absolute Gasteiger partial charge is 0.407 e. The van der Waals surface area contributed by atoms with E-state index in [2.05, 4.69) is 29.1 Å². The van der Waals surface area contributed by atoms with Crippen LogP contribution in [0.2, 0.25) is 5.28 Å². The van der Waals surface area contributed by atoms with Crippen LogP contribution in [0.5, 0.6) is 0 Å². The quantitative estimate of drug-likeness (QED) is 0.717. The third kappa shape index (κ3) is 5.56. The number of carbonyl (C=O) groups is 2. The summed E-state index contributed by atoms with van der Waals surface area (Å²) in [5.41, 5.74) is -0.314. The molecule has 0 fully saturated rings. The Morgan fingerprint density at radius 3 is 2.56 bits per heavy atom. The maximum atomic E-state index is 12.0. The Balaban J connectivity index is 2.34. The van der Waals surface area contributed by atoms with E-state index in [-0.39, 0.29) is 17.0 Å². The van der Waals surface area contributed by atoms with Gasteiger partial charge in [0.05, 0.1) is 11.4 Å². The molecule has 2 N–H and O–H groups in total. The monoisotopic (exact) mass is 396 g/mol. The summed E-state index contributed by atoms with van der Waals surface area (Å²) in [6, 6.07) is 1.50. The molecule has 0 aliphatic carbocycles. The average molecular weight is 397 g/mol. The van der Waals surface area contributed by atoms with Crippen molar-refractivity contribution < 1.29 is 19.4 Å². The van der Waals surface area contributed by atoms with Crippen LogP contribution < -0.4 is 5.32 Å². The van der Waals surface area contributed by atoms with Crippen LogP contribution in [0.25, 0.3) is 11.0 Å². The van der Waals surface area contributed by atoms with Crippen LogP contribution >= 0.6 is 11.6 Å². The van der Waals surface area contributed by atoms with Crippen LogP contribution in [-0.2, 0) is 4.74 Å². The van der Waals surface area contributed by atoms with Crippen molar-refractivity contribution in [1.82, 2.24) is 19.9 Å². The highest BCUT2D eigenvalue weighted by molar-refractivity contribution is 6.28. The number of fused-ring (bicyclic) bond motifs is 1. The Morgan fingerprint density at radius 2 is 2.00 bits per heavy atom. The number of aromatic carboxylic acids is 1. The number of aromatic nitrogens is 3. The van der Waals surface area contributed by atoms with Gasteiger partial charge in [0.2, 0.25) is 5.28 Å². The molecule has 2 aromatic heterocycles. The summed E-state index contributed by atoms with van der Waals surface area (Å²) in [5.74, 6) is -0.835. The van der Waals surface area contributed by atoms with Gasteiger partial charge >= 0.3 is 12.1 Å². The summed E-state index contributed by atoms with van der Waals surface area (Å²) < 4.78 is 7.11. The minimum Gasteiger partial charge on any atom is -0.476 e. The summed E-state index contributed by atoms with van der Waals surface area (Å²) >= 11 is 5.92. The molecule has 2 rings (SSSR count). The summed E-state index contributed by atoms with van der Waals surface area (Å²) in [5, 5.41) is 12.4. The molecule has 0 bridgehead atoms. The Bertz CT molecular complexity index is 842. The number of carboxylic acid groups (broad SMARTS) is 1. The van der Waals surface area contributed by atoms with Crippen molar-refractivity contribution in [2.45, 2.75) is 52.7 Å². The topological polar surface area (TPSA) is 106 Å². The molecule has 0 saturated carbocycles. The van der Waals surface area contributed by atoms with Gasteiger partial charge in [0.25, 0.3) is 0 Å². The van der Waals surface area contributed by atoms with Gasteiger partial charge in [-0.25, -0.2) is 14.6 Å². The van der Waals surface area contributed by atoms with Crippen molar-refractivity contribution in [3.05, 3.63) is 23.2 Å². The van der Waals surface area contributed by atoms with Gasteiger partial charge in [-0.1, -0.05) is 13.8 Å². The average Bonchev–Trinajstić information content (AvgIpc) is 2.91. The second kappa shape index (κ2) is 8.12. The molecule has 0 aliphatic rings. The number of carboxylic acids is 1.